The Bertz CT molecular complexity index is 1430. The van der Waals surface area contributed by atoms with Gasteiger partial charge in [-0.1, -0.05) is 43.6 Å². The first-order chi connectivity index (χ1) is 19.5. The zero-order chi connectivity index (χ0) is 30.2. The minimum Gasteiger partial charge on any atom is -0.497 e. The third-order valence-corrected chi connectivity index (χ3v) is 8.41. The van der Waals surface area contributed by atoms with E-state index in [0.717, 1.165) is 9.87 Å². The van der Waals surface area contributed by atoms with Gasteiger partial charge in [0, 0.05) is 18.1 Å². The fraction of sp³-hybridized carbons (Fsp3) is 0.333. The summed E-state index contributed by atoms with van der Waals surface area (Å²) in [5, 5.41) is 3.17. The fourth-order valence-corrected chi connectivity index (χ4v) is 5.59. The Morgan fingerprint density at radius 1 is 0.902 bits per heavy atom. The van der Waals surface area contributed by atoms with Gasteiger partial charge >= 0.3 is 0 Å². The monoisotopic (exact) mass is 601 g/mol. The number of carbonyl (C=O) groups is 2. The van der Waals surface area contributed by atoms with Gasteiger partial charge in [-0.3, -0.25) is 13.9 Å². The van der Waals surface area contributed by atoms with E-state index < -0.39 is 28.5 Å². The summed E-state index contributed by atoms with van der Waals surface area (Å²) >= 11 is 6.21. The average Bonchev–Trinajstić information content (AvgIpc) is 2.97. The number of carbonyl (C=O) groups excluding carboxylic acids is 2. The summed E-state index contributed by atoms with van der Waals surface area (Å²) in [6.07, 6.45) is 0. The van der Waals surface area contributed by atoms with Gasteiger partial charge in [-0.2, -0.15) is 0 Å². The van der Waals surface area contributed by atoms with Crippen LogP contribution in [0.25, 0.3) is 0 Å². The average molecular weight is 602 g/mol. The van der Waals surface area contributed by atoms with Crippen LogP contribution in [0.3, 0.4) is 0 Å². The zero-order valence-corrected chi connectivity index (χ0v) is 25.4. The highest BCUT2D eigenvalue weighted by atomic mass is 35.5. The number of rotatable bonds is 13. The van der Waals surface area contributed by atoms with Gasteiger partial charge in [0.2, 0.25) is 11.8 Å². The Hall–Kier alpha value is -3.76. The van der Waals surface area contributed by atoms with Gasteiger partial charge in [-0.15, -0.1) is 0 Å². The highest BCUT2D eigenvalue weighted by Gasteiger charge is 2.32. The van der Waals surface area contributed by atoms with E-state index in [2.05, 4.69) is 5.32 Å². The summed E-state index contributed by atoms with van der Waals surface area (Å²) in [5.74, 6) is 0.441. The van der Waals surface area contributed by atoms with Crippen LogP contribution in [0.1, 0.15) is 26.3 Å². The fourth-order valence-electron chi connectivity index (χ4n) is 4.00. The molecule has 0 radical (unpaired) electrons. The molecule has 3 aromatic rings. The van der Waals surface area contributed by atoms with Gasteiger partial charge in [0.25, 0.3) is 10.0 Å². The standard InChI is InChI=1S/C30H36ClN3O6S/c1-21(2)18-32-30(36)22(3)33(19-23-9-11-26(39-4)12-10-23)29(35)20-34(25-8-6-7-24(31)17-25)41(37,38)28-15-13-27(40-5)14-16-28/h6-17,21-22H,18-20H2,1-5H3,(H,32,36). The molecule has 0 spiro atoms. The highest BCUT2D eigenvalue weighted by Crippen LogP contribution is 2.28. The number of hydrogen-bond donors (Lipinski definition) is 1. The lowest BCUT2D eigenvalue weighted by molar-refractivity contribution is -0.139. The molecule has 0 fully saturated rings. The maximum absolute atomic E-state index is 14.0. The summed E-state index contributed by atoms with van der Waals surface area (Å²) < 4.78 is 39.2. The van der Waals surface area contributed by atoms with Crippen molar-refractivity contribution in [3.63, 3.8) is 0 Å². The minimum absolute atomic E-state index is 0.0319. The van der Waals surface area contributed by atoms with Crippen LogP contribution in [0.2, 0.25) is 5.02 Å². The number of sulfonamides is 1. The second-order valence-electron chi connectivity index (χ2n) is 9.85. The van der Waals surface area contributed by atoms with Crippen LogP contribution in [-0.2, 0) is 26.2 Å². The van der Waals surface area contributed by atoms with Crippen molar-refractivity contribution >= 4 is 39.1 Å². The minimum atomic E-state index is -4.22. The Labute approximate surface area is 247 Å². The first-order valence-electron chi connectivity index (χ1n) is 13.1. The number of amides is 2. The molecule has 1 atom stereocenters. The van der Waals surface area contributed by atoms with E-state index in [1.807, 2.05) is 13.8 Å². The number of methoxy groups -OCH3 is 2. The molecule has 220 valence electrons. The maximum Gasteiger partial charge on any atom is 0.264 e. The Balaban J connectivity index is 2.01. The van der Waals surface area contributed by atoms with E-state index in [9.17, 15) is 18.0 Å². The number of nitrogens with zero attached hydrogens (tertiary/aromatic N) is 2. The molecule has 0 heterocycles. The van der Waals surface area contributed by atoms with E-state index in [4.69, 9.17) is 21.1 Å². The van der Waals surface area contributed by atoms with E-state index in [0.29, 0.717) is 23.1 Å². The number of anilines is 1. The van der Waals surface area contributed by atoms with Crippen LogP contribution >= 0.6 is 11.6 Å². The van der Waals surface area contributed by atoms with E-state index in [1.165, 1.54) is 42.3 Å². The number of halogens is 1. The van der Waals surface area contributed by atoms with Crippen molar-refractivity contribution in [1.29, 1.82) is 0 Å². The van der Waals surface area contributed by atoms with Crippen molar-refractivity contribution in [2.45, 2.75) is 38.3 Å². The first-order valence-corrected chi connectivity index (χ1v) is 14.9. The zero-order valence-electron chi connectivity index (χ0n) is 23.8. The molecule has 1 N–H and O–H groups in total. The van der Waals surface area contributed by atoms with Gasteiger partial charge in [0.05, 0.1) is 24.8 Å². The summed E-state index contributed by atoms with van der Waals surface area (Å²) in [5.41, 5.74) is 0.956. The van der Waals surface area contributed by atoms with Crippen molar-refractivity contribution in [1.82, 2.24) is 10.2 Å². The molecule has 11 heteroatoms. The molecule has 0 aliphatic rings. The van der Waals surface area contributed by atoms with Gasteiger partial charge in [0.15, 0.2) is 0 Å². The van der Waals surface area contributed by atoms with Gasteiger partial charge < -0.3 is 19.7 Å². The molecule has 0 bridgehead atoms. The molecule has 3 rings (SSSR count). The molecule has 1 unspecified atom stereocenters. The molecule has 9 nitrogen and oxygen atoms in total. The topological polar surface area (TPSA) is 105 Å². The Morgan fingerprint density at radius 3 is 2.02 bits per heavy atom. The summed E-state index contributed by atoms with van der Waals surface area (Å²) in [6, 6.07) is 18.4. The molecular weight excluding hydrogens is 566 g/mol. The molecule has 0 aliphatic carbocycles. The highest BCUT2D eigenvalue weighted by molar-refractivity contribution is 7.92. The SMILES string of the molecule is COc1ccc(CN(C(=O)CN(c2cccc(Cl)c2)S(=O)(=O)c2ccc(OC)cc2)C(C)C(=O)NCC(C)C)cc1. The Morgan fingerprint density at radius 2 is 1.49 bits per heavy atom. The molecule has 0 saturated heterocycles. The normalized spacial score (nSPS) is 12.0. The number of nitrogens with one attached hydrogen (secondary N) is 1. The molecular formula is C30H36ClN3O6S. The lowest BCUT2D eigenvalue weighted by atomic mass is 10.1. The number of ether oxygens (including phenoxy) is 2. The summed E-state index contributed by atoms with van der Waals surface area (Å²) in [7, 11) is -1.18. The molecule has 0 aliphatic heterocycles. The quantitative estimate of drug-likeness (QED) is 0.303. The van der Waals surface area contributed by atoms with Crippen LogP contribution in [-0.4, -0.2) is 58.5 Å². The van der Waals surface area contributed by atoms with Crippen molar-refractivity contribution in [2.75, 3.05) is 31.6 Å². The van der Waals surface area contributed by atoms with E-state index in [-0.39, 0.29) is 29.0 Å². The smallest absolute Gasteiger partial charge is 0.264 e. The molecule has 3 aromatic carbocycles. The van der Waals surface area contributed by atoms with Crippen LogP contribution in [0.15, 0.2) is 77.7 Å². The summed E-state index contributed by atoms with van der Waals surface area (Å²) in [4.78, 5) is 28.4. The Kier molecular flexibility index (Phi) is 11.0. The predicted octanol–water partition coefficient (Wildman–Crippen LogP) is 4.74. The lowest BCUT2D eigenvalue weighted by Gasteiger charge is -2.32. The predicted molar refractivity (Wildman–Crippen MR) is 160 cm³/mol. The third kappa shape index (κ3) is 8.37. The molecule has 41 heavy (non-hydrogen) atoms. The first kappa shape index (κ1) is 31.8. The maximum atomic E-state index is 14.0. The van der Waals surface area contributed by atoms with Crippen molar-refractivity contribution in [3.8, 4) is 11.5 Å². The lowest BCUT2D eigenvalue weighted by Crippen LogP contribution is -2.51. The van der Waals surface area contributed by atoms with Crippen molar-refractivity contribution < 1.29 is 27.5 Å². The van der Waals surface area contributed by atoms with Crippen molar-refractivity contribution in [3.05, 3.63) is 83.4 Å². The van der Waals surface area contributed by atoms with Gasteiger partial charge in [0.1, 0.15) is 24.1 Å². The second kappa shape index (κ2) is 14.2. The summed E-state index contributed by atoms with van der Waals surface area (Å²) in [6.45, 7) is 5.51. The third-order valence-electron chi connectivity index (χ3n) is 6.39. The second-order valence-corrected chi connectivity index (χ2v) is 12.2. The van der Waals surface area contributed by atoms with Crippen molar-refractivity contribution in [2.24, 2.45) is 5.92 Å². The molecule has 0 saturated carbocycles. The molecule has 2 amide bonds. The van der Waals surface area contributed by atoms with Gasteiger partial charge in [-0.05, 0) is 73.0 Å². The van der Waals surface area contributed by atoms with E-state index in [1.54, 1.807) is 56.5 Å². The van der Waals surface area contributed by atoms with Crippen LogP contribution in [0.4, 0.5) is 5.69 Å². The van der Waals surface area contributed by atoms with Crippen LogP contribution < -0.4 is 19.1 Å². The number of benzene rings is 3. The molecule has 0 aromatic heterocycles. The largest absolute Gasteiger partial charge is 0.497 e. The van der Waals surface area contributed by atoms with Crippen LogP contribution in [0.5, 0.6) is 11.5 Å². The van der Waals surface area contributed by atoms with Gasteiger partial charge in [-0.25, -0.2) is 8.42 Å². The van der Waals surface area contributed by atoms with Crippen LogP contribution in [0, 0.1) is 5.92 Å². The number of hydrogen-bond acceptors (Lipinski definition) is 6. The van der Waals surface area contributed by atoms with E-state index >= 15 is 0 Å².